The van der Waals surface area contributed by atoms with Gasteiger partial charge in [-0.1, -0.05) is 5.16 Å². The number of hydrogen-bond donors (Lipinski definition) is 1. The predicted octanol–water partition coefficient (Wildman–Crippen LogP) is 3.79. The van der Waals surface area contributed by atoms with Crippen molar-refractivity contribution in [3.05, 3.63) is 21.6 Å². The molecule has 23 heavy (non-hydrogen) atoms. The Morgan fingerprint density at radius 1 is 1.30 bits per heavy atom. The Hall–Kier alpha value is -2.23. The summed E-state index contributed by atoms with van der Waals surface area (Å²) in [5, 5.41) is 9.88. The zero-order valence-corrected chi connectivity index (χ0v) is 12.6. The topological polar surface area (TPSA) is 80.5 Å². The maximum Gasteiger partial charge on any atom is 0.443 e. The molecule has 0 spiro atoms. The molecule has 1 aliphatic carbocycles. The molecule has 1 N–H and O–H groups in total. The van der Waals surface area contributed by atoms with E-state index in [1.807, 2.05) is 6.07 Å². The van der Waals surface area contributed by atoms with Gasteiger partial charge in [0.2, 0.25) is 5.82 Å². The highest BCUT2D eigenvalue weighted by molar-refractivity contribution is 7.12. The summed E-state index contributed by atoms with van der Waals surface area (Å²) in [4.78, 5) is 8.06. The van der Waals surface area contributed by atoms with E-state index in [4.69, 9.17) is 4.52 Å². The number of aromatic amines is 1. The number of alkyl halides is 3. The zero-order valence-electron chi connectivity index (χ0n) is 11.8. The Morgan fingerprint density at radius 3 is 2.74 bits per heavy atom. The first-order valence-corrected chi connectivity index (χ1v) is 7.68. The summed E-state index contributed by atoms with van der Waals surface area (Å²) in [6, 6.07) is 1.83. The average Bonchev–Trinajstić information content (AvgIpc) is 2.92. The van der Waals surface area contributed by atoms with Gasteiger partial charge in [0.15, 0.2) is 5.01 Å². The van der Waals surface area contributed by atoms with Crippen molar-refractivity contribution >= 4 is 11.3 Å². The molecule has 3 heterocycles. The van der Waals surface area contributed by atoms with Crippen LogP contribution >= 0.6 is 11.3 Å². The number of nitrogens with one attached hydrogen (secondary N) is 1. The van der Waals surface area contributed by atoms with Gasteiger partial charge >= 0.3 is 6.18 Å². The summed E-state index contributed by atoms with van der Waals surface area (Å²) in [7, 11) is 0. The van der Waals surface area contributed by atoms with Crippen LogP contribution in [0.15, 0.2) is 10.6 Å². The van der Waals surface area contributed by atoms with Crippen LogP contribution in [0, 0.1) is 6.92 Å². The SMILES string of the molecule is Cc1sc(C(F)(F)F)nc1-c1nc(-c2cc(C3CC3)[nH]n2)no1. The van der Waals surface area contributed by atoms with Gasteiger partial charge in [0.05, 0.1) is 0 Å². The van der Waals surface area contributed by atoms with Gasteiger partial charge in [-0.2, -0.15) is 23.3 Å². The van der Waals surface area contributed by atoms with Gasteiger partial charge in [-0.15, -0.1) is 11.3 Å². The normalized spacial score (nSPS) is 15.3. The summed E-state index contributed by atoms with van der Waals surface area (Å²) in [5.74, 6) is 0.682. The van der Waals surface area contributed by atoms with Gasteiger partial charge < -0.3 is 4.52 Å². The average molecular weight is 341 g/mol. The molecule has 0 bridgehead atoms. The number of rotatable bonds is 3. The zero-order chi connectivity index (χ0) is 16.2. The van der Waals surface area contributed by atoms with Gasteiger partial charge in [0.25, 0.3) is 5.89 Å². The van der Waals surface area contributed by atoms with Crippen LogP contribution in [-0.4, -0.2) is 25.3 Å². The van der Waals surface area contributed by atoms with E-state index >= 15 is 0 Å². The molecule has 6 nitrogen and oxygen atoms in total. The molecule has 3 aromatic rings. The van der Waals surface area contributed by atoms with Crippen LogP contribution in [0.4, 0.5) is 13.2 Å². The van der Waals surface area contributed by atoms with Crippen molar-refractivity contribution in [2.75, 3.05) is 0 Å². The van der Waals surface area contributed by atoms with Crippen LogP contribution in [0.2, 0.25) is 0 Å². The lowest BCUT2D eigenvalue weighted by Gasteiger charge is -1.98. The highest BCUT2D eigenvalue weighted by Gasteiger charge is 2.36. The Balaban J connectivity index is 1.66. The molecule has 3 aromatic heterocycles. The lowest BCUT2D eigenvalue weighted by molar-refractivity contribution is -0.137. The van der Waals surface area contributed by atoms with Gasteiger partial charge in [-0.25, -0.2) is 4.98 Å². The molecular weight excluding hydrogens is 331 g/mol. The molecule has 0 aliphatic heterocycles. The van der Waals surface area contributed by atoms with Crippen molar-refractivity contribution in [1.82, 2.24) is 25.3 Å². The minimum Gasteiger partial charge on any atom is -0.332 e. The van der Waals surface area contributed by atoms with Crippen LogP contribution in [0.3, 0.4) is 0 Å². The lowest BCUT2D eigenvalue weighted by atomic mass is 10.2. The Morgan fingerprint density at radius 2 is 2.09 bits per heavy atom. The molecular formula is C13H10F3N5OS. The number of aryl methyl sites for hydroxylation is 1. The van der Waals surface area contributed by atoms with Gasteiger partial charge in [-0.3, -0.25) is 5.10 Å². The molecule has 1 aliphatic rings. The first kappa shape index (κ1) is 14.4. The summed E-state index contributed by atoms with van der Waals surface area (Å²) in [6.45, 7) is 1.53. The van der Waals surface area contributed by atoms with E-state index in [0.717, 1.165) is 18.5 Å². The molecule has 10 heteroatoms. The molecule has 4 rings (SSSR count). The molecule has 0 aromatic carbocycles. The van der Waals surface area contributed by atoms with Crippen molar-refractivity contribution in [2.24, 2.45) is 0 Å². The number of thiazole rings is 1. The van der Waals surface area contributed by atoms with Crippen LogP contribution in [0.5, 0.6) is 0 Å². The van der Waals surface area contributed by atoms with Crippen molar-refractivity contribution in [2.45, 2.75) is 31.9 Å². The summed E-state index contributed by atoms with van der Waals surface area (Å²) in [6.07, 6.45) is -2.24. The lowest BCUT2D eigenvalue weighted by Crippen LogP contribution is -2.03. The maximum atomic E-state index is 12.7. The Labute approximate surface area is 131 Å². The maximum absolute atomic E-state index is 12.7. The van der Waals surface area contributed by atoms with E-state index in [1.165, 1.54) is 6.92 Å². The van der Waals surface area contributed by atoms with Crippen LogP contribution < -0.4 is 0 Å². The monoisotopic (exact) mass is 341 g/mol. The van der Waals surface area contributed by atoms with E-state index in [9.17, 15) is 13.2 Å². The molecule has 0 unspecified atom stereocenters. The second-order valence-electron chi connectivity index (χ2n) is 5.33. The molecule has 0 radical (unpaired) electrons. The largest absolute Gasteiger partial charge is 0.443 e. The minimum absolute atomic E-state index is 0.0415. The van der Waals surface area contributed by atoms with E-state index in [2.05, 4.69) is 25.3 Å². The quantitative estimate of drug-likeness (QED) is 0.784. The number of nitrogens with zero attached hydrogens (tertiary/aromatic N) is 4. The third-order valence-electron chi connectivity index (χ3n) is 3.51. The van der Waals surface area contributed by atoms with E-state index in [-0.39, 0.29) is 17.4 Å². The van der Waals surface area contributed by atoms with E-state index in [1.54, 1.807) is 0 Å². The highest BCUT2D eigenvalue weighted by atomic mass is 32.1. The highest BCUT2D eigenvalue weighted by Crippen LogP contribution is 2.40. The molecule has 0 atom stereocenters. The fraction of sp³-hybridized carbons (Fsp3) is 0.385. The predicted molar refractivity (Wildman–Crippen MR) is 74.7 cm³/mol. The van der Waals surface area contributed by atoms with Gasteiger partial charge in [0, 0.05) is 16.5 Å². The van der Waals surface area contributed by atoms with E-state index in [0.29, 0.717) is 27.8 Å². The number of aromatic nitrogens is 5. The third-order valence-corrected chi connectivity index (χ3v) is 4.53. The molecule has 120 valence electrons. The molecule has 0 saturated heterocycles. The molecule has 0 amide bonds. The fourth-order valence-corrected chi connectivity index (χ4v) is 2.97. The number of hydrogen-bond acceptors (Lipinski definition) is 6. The third kappa shape index (κ3) is 2.62. The fourth-order valence-electron chi connectivity index (χ4n) is 2.19. The van der Waals surface area contributed by atoms with Crippen molar-refractivity contribution in [1.29, 1.82) is 0 Å². The molecule has 1 saturated carbocycles. The Kier molecular flexibility index (Phi) is 3.05. The number of H-pyrrole nitrogens is 1. The van der Waals surface area contributed by atoms with Crippen LogP contribution in [0.25, 0.3) is 23.1 Å². The summed E-state index contributed by atoms with van der Waals surface area (Å²) >= 11 is 0.552. The first-order valence-electron chi connectivity index (χ1n) is 6.86. The Bertz CT molecular complexity index is 861. The van der Waals surface area contributed by atoms with Gasteiger partial charge in [-0.05, 0) is 25.8 Å². The van der Waals surface area contributed by atoms with E-state index < -0.39 is 11.2 Å². The standard InChI is InChI=1S/C13H10F3N5OS/c1-5-9(17-12(23-5)13(14,15)16)11-18-10(21-22-11)8-4-7(19-20-8)6-2-3-6/h4,6H,2-3H2,1H3,(H,19,20). The van der Waals surface area contributed by atoms with Crippen molar-refractivity contribution in [3.63, 3.8) is 0 Å². The summed E-state index contributed by atoms with van der Waals surface area (Å²) < 4.78 is 43.2. The van der Waals surface area contributed by atoms with Gasteiger partial charge in [0.1, 0.15) is 11.4 Å². The summed E-state index contributed by atoms with van der Waals surface area (Å²) in [5.41, 5.74) is 1.57. The molecule has 1 fully saturated rings. The second kappa shape index (κ2) is 4.88. The minimum atomic E-state index is -4.49. The number of halogens is 3. The van der Waals surface area contributed by atoms with Crippen molar-refractivity contribution < 1.29 is 17.7 Å². The van der Waals surface area contributed by atoms with Crippen LogP contribution in [0.1, 0.15) is 34.3 Å². The first-order chi connectivity index (χ1) is 10.9. The van der Waals surface area contributed by atoms with Crippen molar-refractivity contribution in [3.8, 4) is 23.1 Å². The second-order valence-corrected chi connectivity index (χ2v) is 6.53. The smallest absolute Gasteiger partial charge is 0.332 e. The van der Waals surface area contributed by atoms with Crippen LogP contribution in [-0.2, 0) is 6.18 Å².